The van der Waals surface area contributed by atoms with Gasteiger partial charge in [0.25, 0.3) is 21.6 Å². The molecule has 3 saturated heterocycles. The molecule has 404 valence electrons. The third-order valence-corrected chi connectivity index (χ3v) is 12.9. The van der Waals surface area contributed by atoms with Crippen LogP contribution in [-0.2, 0) is 20.8 Å². The SMILES string of the molecule is O=C1CSC(=O)N1.O=C1NC(=O)/C(=C/c2ccccc2Oc2ccccc2)S1.O=C1NC(=O)C(Cc2ccccc2Oc2ccccc2)S1.O=Cc1ccccc1F.O=Cc1ccccc1Oc1ccccc1.Oc1ccccc1. The van der Waals surface area contributed by atoms with Gasteiger partial charge in [-0.05, 0) is 115 Å². The Hall–Kier alpha value is -9.56. The number of amides is 6. The number of imide groups is 3. The molecule has 0 saturated carbocycles. The number of ether oxygens (including phenoxy) is 3. The third kappa shape index (κ3) is 20.4. The van der Waals surface area contributed by atoms with Crippen LogP contribution in [0.2, 0.25) is 0 Å². The molecular weight excluding hydrogens is 1080 g/mol. The summed E-state index contributed by atoms with van der Waals surface area (Å²) in [6.45, 7) is 0. The van der Waals surface area contributed by atoms with E-state index in [1.165, 1.54) is 12.1 Å². The zero-order valence-electron chi connectivity index (χ0n) is 42.0. The molecule has 1 unspecified atom stereocenters. The maximum Gasteiger partial charge on any atom is 0.290 e. The lowest BCUT2D eigenvalue weighted by Crippen LogP contribution is -2.25. The Morgan fingerprint density at radius 2 is 0.938 bits per heavy atom. The van der Waals surface area contributed by atoms with Crippen molar-refractivity contribution in [2.24, 2.45) is 0 Å². The number of rotatable bonds is 11. The highest BCUT2D eigenvalue weighted by Crippen LogP contribution is 2.33. The minimum atomic E-state index is -0.465. The van der Waals surface area contributed by atoms with Gasteiger partial charge in [-0.1, -0.05) is 157 Å². The molecule has 80 heavy (non-hydrogen) atoms. The second kappa shape index (κ2) is 32.2. The molecule has 0 radical (unpaired) electrons. The number of para-hydroxylation sites is 7. The van der Waals surface area contributed by atoms with E-state index in [1.807, 2.05) is 158 Å². The smallest absolute Gasteiger partial charge is 0.290 e. The summed E-state index contributed by atoms with van der Waals surface area (Å²) in [6.07, 6.45) is 3.40. The summed E-state index contributed by atoms with van der Waals surface area (Å²) in [6, 6.07) is 64.9. The molecule has 8 aromatic rings. The Morgan fingerprint density at radius 1 is 0.487 bits per heavy atom. The minimum Gasteiger partial charge on any atom is -0.508 e. The number of carbonyl (C=O) groups is 8. The fourth-order valence-electron chi connectivity index (χ4n) is 6.59. The van der Waals surface area contributed by atoms with Crippen LogP contribution in [-0.4, -0.2) is 62.1 Å². The molecule has 0 spiro atoms. The first-order valence-electron chi connectivity index (χ1n) is 23.9. The van der Waals surface area contributed by atoms with Crippen LogP contribution in [0.1, 0.15) is 31.8 Å². The molecule has 8 aromatic carbocycles. The number of carbonyl (C=O) groups excluding carboxylic acids is 8. The summed E-state index contributed by atoms with van der Waals surface area (Å²) >= 11 is 2.92. The van der Waals surface area contributed by atoms with E-state index < -0.39 is 11.1 Å². The Kier molecular flexibility index (Phi) is 24.1. The number of nitrogens with one attached hydrogen (secondary N) is 3. The van der Waals surface area contributed by atoms with Gasteiger partial charge in [-0.15, -0.1) is 0 Å². The zero-order chi connectivity index (χ0) is 56.9. The topological polar surface area (TPSA) is 221 Å². The highest BCUT2D eigenvalue weighted by molar-refractivity contribution is 8.18. The zero-order valence-corrected chi connectivity index (χ0v) is 44.5. The molecule has 0 aromatic heterocycles. The molecule has 3 aliphatic heterocycles. The lowest BCUT2D eigenvalue weighted by atomic mass is 10.1. The van der Waals surface area contributed by atoms with Crippen molar-refractivity contribution in [3.63, 3.8) is 0 Å². The lowest BCUT2D eigenvalue weighted by Gasteiger charge is -2.12. The van der Waals surface area contributed by atoms with E-state index >= 15 is 0 Å². The van der Waals surface area contributed by atoms with Crippen molar-refractivity contribution in [1.29, 1.82) is 0 Å². The van der Waals surface area contributed by atoms with Crippen molar-refractivity contribution in [3.8, 4) is 40.2 Å². The summed E-state index contributed by atoms with van der Waals surface area (Å²) in [5.41, 5.74) is 2.32. The third-order valence-electron chi connectivity index (χ3n) is 10.3. The van der Waals surface area contributed by atoms with Gasteiger partial charge in [0.2, 0.25) is 11.8 Å². The first-order valence-corrected chi connectivity index (χ1v) is 26.6. The first kappa shape index (κ1) is 59.7. The van der Waals surface area contributed by atoms with Crippen LogP contribution >= 0.6 is 35.3 Å². The van der Waals surface area contributed by atoms with Gasteiger partial charge in [0.15, 0.2) is 12.6 Å². The van der Waals surface area contributed by atoms with E-state index in [0.717, 1.165) is 64.2 Å². The van der Waals surface area contributed by atoms with E-state index in [1.54, 1.807) is 54.6 Å². The number of aromatic hydroxyl groups is 1. The summed E-state index contributed by atoms with van der Waals surface area (Å²) < 4.78 is 29.6. The summed E-state index contributed by atoms with van der Waals surface area (Å²) in [5, 5.41) is 14.0. The second-order valence-electron chi connectivity index (χ2n) is 16.1. The molecule has 3 heterocycles. The largest absolute Gasteiger partial charge is 0.508 e. The Balaban J connectivity index is 0.000000163. The fourth-order valence-corrected chi connectivity index (χ4v) is 8.63. The number of aldehydes is 2. The molecule has 3 aliphatic rings. The Bertz CT molecular complexity index is 3400. The quantitative estimate of drug-likeness (QED) is 0.0699. The minimum absolute atomic E-state index is 0.109. The normalized spacial score (nSPS) is 14.2. The van der Waals surface area contributed by atoms with E-state index in [2.05, 4.69) is 16.0 Å². The fraction of sp³-hybridized carbons (Fsp3) is 0.0492. The molecular formula is C61H48FN3O12S3. The molecule has 4 N–H and O–H groups in total. The summed E-state index contributed by atoms with van der Waals surface area (Å²) in [7, 11) is 0. The lowest BCUT2D eigenvalue weighted by molar-refractivity contribution is -0.119. The van der Waals surface area contributed by atoms with Gasteiger partial charge in [-0.2, -0.15) is 0 Å². The van der Waals surface area contributed by atoms with Gasteiger partial charge in [-0.3, -0.25) is 54.3 Å². The average molecular weight is 1130 g/mol. The van der Waals surface area contributed by atoms with Crippen LogP contribution in [0, 0.1) is 5.82 Å². The molecule has 6 amide bonds. The van der Waals surface area contributed by atoms with Crippen molar-refractivity contribution < 1.29 is 62.1 Å². The van der Waals surface area contributed by atoms with Crippen LogP contribution in [0.5, 0.6) is 40.2 Å². The second-order valence-corrected chi connectivity index (χ2v) is 19.2. The number of benzene rings is 8. The summed E-state index contributed by atoms with van der Waals surface area (Å²) in [5.74, 6) is 3.45. The van der Waals surface area contributed by atoms with Crippen molar-refractivity contribution in [2.45, 2.75) is 11.7 Å². The standard InChI is InChI=1S/C16H13NO3S.C16H11NO3S.C13H10O2.C7H5FO.C6H6O.C3H3NO2S/c2*18-15-14(21-16(19)17-15)10-11-6-4-5-9-13(11)20-12-7-2-1-3-8-12;14-10-11-6-4-5-9-13(11)15-12-7-2-1-3-8-12;8-7-4-2-1-3-6(7)5-9;7-6-4-2-1-3-5-6;5-2-1-7-3(6)4-2/h1-9,14H,10H2,(H,17,18,19);1-10H,(H,17,18,19);1-10H;1-5H;1-5,7H;1H2,(H,4,5,6)/b;14-10-;;;;. The van der Waals surface area contributed by atoms with E-state index in [9.17, 15) is 42.7 Å². The van der Waals surface area contributed by atoms with Crippen LogP contribution < -0.4 is 30.2 Å². The Morgan fingerprint density at radius 3 is 1.35 bits per heavy atom. The summed E-state index contributed by atoms with van der Waals surface area (Å²) in [4.78, 5) is 87.0. The number of phenolic OH excluding ortho intramolecular Hbond substituents is 1. The van der Waals surface area contributed by atoms with Gasteiger partial charge in [0, 0.05) is 5.56 Å². The maximum atomic E-state index is 12.4. The predicted octanol–water partition coefficient (Wildman–Crippen LogP) is 13.5. The monoisotopic (exact) mass is 1130 g/mol. The van der Waals surface area contributed by atoms with Crippen LogP contribution in [0.15, 0.2) is 223 Å². The van der Waals surface area contributed by atoms with Crippen molar-refractivity contribution in [3.05, 3.63) is 251 Å². The highest BCUT2D eigenvalue weighted by atomic mass is 32.2. The number of thioether (sulfide) groups is 3. The van der Waals surface area contributed by atoms with Crippen LogP contribution in [0.3, 0.4) is 0 Å². The number of phenols is 1. The van der Waals surface area contributed by atoms with E-state index in [0.29, 0.717) is 57.7 Å². The number of hydrogen-bond acceptors (Lipinski definition) is 15. The molecule has 19 heteroatoms. The van der Waals surface area contributed by atoms with Crippen molar-refractivity contribution >= 4 is 87.4 Å². The molecule has 0 aliphatic carbocycles. The molecule has 3 fully saturated rings. The van der Waals surface area contributed by atoms with Gasteiger partial charge >= 0.3 is 0 Å². The first-order chi connectivity index (χ1) is 38.9. The van der Waals surface area contributed by atoms with Crippen LogP contribution in [0.4, 0.5) is 18.8 Å². The van der Waals surface area contributed by atoms with Crippen molar-refractivity contribution in [1.82, 2.24) is 16.0 Å². The number of hydrogen-bond donors (Lipinski definition) is 4. The average Bonchev–Trinajstić information content (AvgIpc) is 4.14. The Labute approximate surface area is 472 Å². The molecule has 0 bridgehead atoms. The highest BCUT2D eigenvalue weighted by Gasteiger charge is 2.32. The van der Waals surface area contributed by atoms with Gasteiger partial charge < -0.3 is 19.3 Å². The van der Waals surface area contributed by atoms with Gasteiger partial charge in [-0.25, -0.2) is 4.39 Å². The molecule has 11 rings (SSSR count). The predicted molar refractivity (Wildman–Crippen MR) is 308 cm³/mol. The van der Waals surface area contributed by atoms with Gasteiger partial charge in [0.05, 0.1) is 27.0 Å². The van der Waals surface area contributed by atoms with Crippen molar-refractivity contribution in [2.75, 3.05) is 5.75 Å². The maximum absolute atomic E-state index is 12.4. The van der Waals surface area contributed by atoms with Crippen LogP contribution in [0.25, 0.3) is 6.08 Å². The van der Waals surface area contributed by atoms with E-state index in [-0.39, 0.29) is 39.0 Å². The number of halogens is 1. The van der Waals surface area contributed by atoms with E-state index in [4.69, 9.17) is 19.3 Å². The molecule has 15 nitrogen and oxygen atoms in total. The molecule has 1 atom stereocenters. The van der Waals surface area contributed by atoms with Gasteiger partial charge in [0.1, 0.15) is 46.1 Å².